The van der Waals surface area contributed by atoms with Gasteiger partial charge in [0.15, 0.2) is 11.5 Å². The zero-order valence-electron chi connectivity index (χ0n) is 16.6. The van der Waals surface area contributed by atoms with Crippen molar-refractivity contribution in [3.63, 3.8) is 0 Å². The van der Waals surface area contributed by atoms with Crippen LogP contribution in [0.2, 0.25) is 10.0 Å². The maximum atomic E-state index is 15.1. The second-order valence-electron chi connectivity index (χ2n) is 7.71. The van der Waals surface area contributed by atoms with E-state index in [9.17, 15) is 28.2 Å². The number of hydrogen-bond donors (Lipinski definition) is 4. The molecule has 1 aliphatic carbocycles. The van der Waals surface area contributed by atoms with Crippen molar-refractivity contribution in [3.05, 3.63) is 52.0 Å². The number of aliphatic hydroxyl groups excluding tert-OH is 1. The number of carbonyl (C=O) groups excluding carboxylic acids is 1. The molecule has 1 aromatic rings. The predicted molar refractivity (Wildman–Crippen MR) is 116 cm³/mol. The maximum absolute atomic E-state index is 15.1. The molecule has 1 fully saturated rings. The van der Waals surface area contributed by atoms with Crippen molar-refractivity contribution >= 4 is 45.0 Å². The van der Waals surface area contributed by atoms with Gasteiger partial charge >= 0.3 is 5.97 Å². The highest BCUT2D eigenvalue weighted by Crippen LogP contribution is 2.31. The molecule has 1 aromatic carbocycles. The number of aliphatic carboxylic acids is 1. The topological polar surface area (TPSA) is 133 Å². The fraction of sp³-hybridized carbons (Fsp3) is 0.400. The zero-order chi connectivity index (χ0) is 23.7. The van der Waals surface area contributed by atoms with E-state index in [1.807, 2.05) is 0 Å². The van der Waals surface area contributed by atoms with E-state index in [0.717, 1.165) is 18.2 Å². The largest absolute Gasteiger partial charge is 0.480 e. The number of hydrogen-bond acceptors (Lipinski definition) is 6. The Bertz CT molecular complexity index is 1070. The molecule has 1 saturated heterocycles. The van der Waals surface area contributed by atoms with Gasteiger partial charge in [0.25, 0.3) is 0 Å². The molecule has 8 nitrogen and oxygen atoms in total. The minimum Gasteiger partial charge on any atom is -0.480 e. The van der Waals surface area contributed by atoms with Crippen LogP contribution >= 0.6 is 23.2 Å². The molecule has 0 bridgehead atoms. The average Bonchev–Trinajstić information content (AvgIpc) is 3.14. The molecule has 3 rings (SSSR count). The van der Waals surface area contributed by atoms with Crippen molar-refractivity contribution in [1.82, 2.24) is 10.0 Å². The van der Waals surface area contributed by atoms with Crippen molar-refractivity contribution < 1.29 is 32.6 Å². The summed E-state index contributed by atoms with van der Waals surface area (Å²) in [4.78, 5) is 23.8. The first kappa shape index (κ1) is 24.8. The Labute approximate surface area is 194 Å². The summed E-state index contributed by atoms with van der Waals surface area (Å²) in [5.74, 6) is -2.15. The number of alkyl halides is 1. The highest BCUT2D eigenvalue weighted by atomic mass is 35.5. The SMILES string of the molecule is O=C(O)[C@H](CC1=CC[C@](F)(C(=O)[C@@H]2C[C@@H](O)CN2)C=C1)NS(=O)(=O)c1cc(Cl)cc(Cl)c1. The van der Waals surface area contributed by atoms with Crippen LogP contribution in [-0.2, 0) is 19.6 Å². The van der Waals surface area contributed by atoms with Gasteiger partial charge in [-0.15, -0.1) is 0 Å². The minimum absolute atomic E-state index is 0.0656. The number of carboxylic acid groups (broad SMARTS) is 1. The lowest BCUT2D eigenvalue weighted by Crippen LogP contribution is -2.45. The number of benzene rings is 1. The van der Waals surface area contributed by atoms with Crippen LogP contribution in [0.4, 0.5) is 4.39 Å². The molecule has 0 aromatic heterocycles. The Kier molecular flexibility index (Phi) is 7.43. The third-order valence-corrected chi connectivity index (χ3v) is 7.13. The summed E-state index contributed by atoms with van der Waals surface area (Å²) in [6, 6.07) is 1.23. The first-order valence-corrected chi connectivity index (χ1v) is 11.9. The van der Waals surface area contributed by atoms with Crippen molar-refractivity contribution in [1.29, 1.82) is 0 Å². The molecule has 4 N–H and O–H groups in total. The Balaban J connectivity index is 1.70. The number of sulfonamides is 1. The average molecular weight is 507 g/mol. The van der Waals surface area contributed by atoms with Crippen LogP contribution in [-0.4, -0.2) is 60.8 Å². The standard InChI is InChI=1S/C20H21Cl2FN2O6S/c21-12-6-13(22)8-15(7-12)32(30,31)25-17(19(28)29)5-11-1-3-20(23,4-2-11)18(27)16-9-14(26)10-24-16/h1-3,6-8,14,16-17,24-26H,4-5,9-10H2,(H,28,29)/t14-,16+,17+,20+/m1/s1. The molecule has 174 valence electrons. The fourth-order valence-electron chi connectivity index (χ4n) is 3.55. The van der Waals surface area contributed by atoms with E-state index in [-0.39, 0.29) is 40.7 Å². The quantitative estimate of drug-likeness (QED) is 0.423. The van der Waals surface area contributed by atoms with Crippen LogP contribution in [0, 0.1) is 0 Å². The number of Topliss-reactive ketones (excluding diaryl/α,β-unsaturated/α-hetero) is 1. The lowest BCUT2D eigenvalue weighted by molar-refractivity contribution is -0.139. The smallest absolute Gasteiger partial charge is 0.322 e. The van der Waals surface area contributed by atoms with Crippen LogP contribution < -0.4 is 10.0 Å². The second-order valence-corrected chi connectivity index (χ2v) is 10.3. The van der Waals surface area contributed by atoms with E-state index in [1.54, 1.807) is 0 Å². The van der Waals surface area contributed by atoms with E-state index >= 15 is 4.39 Å². The van der Waals surface area contributed by atoms with E-state index in [4.69, 9.17) is 23.2 Å². The number of ketones is 1. The summed E-state index contributed by atoms with van der Waals surface area (Å²) in [5.41, 5.74) is -1.94. The molecular formula is C20H21Cl2FN2O6S. The lowest BCUT2D eigenvalue weighted by atomic mass is 9.85. The molecule has 1 aliphatic heterocycles. The van der Waals surface area contributed by atoms with Gasteiger partial charge in [-0.2, -0.15) is 4.72 Å². The van der Waals surface area contributed by atoms with Crippen LogP contribution in [0.1, 0.15) is 19.3 Å². The van der Waals surface area contributed by atoms with Crippen LogP contribution in [0.15, 0.2) is 46.9 Å². The summed E-state index contributed by atoms with van der Waals surface area (Å²) in [6.45, 7) is 0.204. The minimum atomic E-state index is -4.26. The molecule has 12 heteroatoms. The van der Waals surface area contributed by atoms with Gasteiger partial charge in [0, 0.05) is 23.0 Å². The molecule has 0 saturated carbocycles. The van der Waals surface area contributed by atoms with Gasteiger partial charge in [0.1, 0.15) is 6.04 Å². The molecule has 0 radical (unpaired) electrons. The van der Waals surface area contributed by atoms with Crippen molar-refractivity contribution in [2.45, 2.75) is 48.0 Å². The van der Waals surface area contributed by atoms with E-state index in [1.165, 1.54) is 18.2 Å². The number of allylic oxidation sites excluding steroid dienone is 3. The van der Waals surface area contributed by atoms with Crippen LogP contribution in [0.5, 0.6) is 0 Å². The number of halogens is 3. The lowest BCUT2D eigenvalue weighted by Gasteiger charge is -2.26. The highest BCUT2D eigenvalue weighted by Gasteiger charge is 2.43. The van der Waals surface area contributed by atoms with Crippen LogP contribution in [0.25, 0.3) is 0 Å². The van der Waals surface area contributed by atoms with Crippen molar-refractivity contribution in [2.24, 2.45) is 0 Å². The van der Waals surface area contributed by atoms with Gasteiger partial charge in [-0.1, -0.05) is 35.4 Å². The van der Waals surface area contributed by atoms with Gasteiger partial charge in [0.2, 0.25) is 10.0 Å². The zero-order valence-corrected chi connectivity index (χ0v) is 18.9. The fourth-order valence-corrected chi connectivity index (χ4v) is 5.46. The van der Waals surface area contributed by atoms with Gasteiger partial charge in [-0.05, 0) is 42.7 Å². The Morgan fingerprint density at radius 3 is 2.44 bits per heavy atom. The highest BCUT2D eigenvalue weighted by molar-refractivity contribution is 7.89. The van der Waals surface area contributed by atoms with Crippen LogP contribution in [0.3, 0.4) is 0 Å². The number of aliphatic hydroxyl groups is 1. The summed E-state index contributed by atoms with van der Waals surface area (Å²) in [6.07, 6.45) is 2.48. The van der Waals surface area contributed by atoms with Gasteiger partial charge < -0.3 is 15.5 Å². The number of nitrogens with one attached hydrogen (secondary N) is 2. The number of carbonyl (C=O) groups is 2. The third kappa shape index (κ3) is 5.75. The Morgan fingerprint density at radius 1 is 1.28 bits per heavy atom. The number of β-amino-alcohol motifs (C(OH)–C–C–N with tert-alkyl or cyclic N) is 1. The normalized spacial score (nSPS) is 26.6. The first-order valence-electron chi connectivity index (χ1n) is 9.64. The first-order chi connectivity index (χ1) is 14.9. The molecule has 1 heterocycles. The van der Waals surface area contributed by atoms with E-state index in [2.05, 4.69) is 10.0 Å². The molecule has 4 atom stereocenters. The van der Waals surface area contributed by atoms with E-state index < -0.39 is 45.6 Å². The summed E-state index contributed by atoms with van der Waals surface area (Å²) >= 11 is 11.7. The Morgan fingerprint density at radius 2 is 1.94 bits per heavy atom. The maximum Gasteiger partial charge on any atom is 0.322 e. The van der Waals surface area contributed by atoms with E-state index in [0.29, 0.717) is 5.57 Å². The third-order valence-electron chi connectivity index (χ3n) is 5.24. The van der Waals surface area contributed by atoms with Gasteiger partial charge in [-0.3, -0.25) is 9.59 Å². The molecule has 0 unspecified atom stereocenters. The number of rotatable bonds is 8. The van der Waals surface area contributed by atoms with Crippen molar-refractivity contribution in [2.75, 3.05) is 6.54 Å². The van der Waals surface area contributed by atoms with Gasteiger partial charge in [0.05, 0.1) is 17.0 Å². The molecule has 0 amide bonds. The molecular weight excluding hydrogens is 486 g/mol. The molecule has 2 aliphatic rings. The number of carboxylic acids is 1. The monoisotopic (exact) mass is 506 g/mol. The summed E-state index contributed by atoms with van der Waals surface area (Å²) in [7, 11) is -4.26. The molecule has 0 spiro atoms. The molecule has 32 heavy (non-hydrogen) atoms. The predicted octanol–water partition coefficient (Wildman–Crippen LogP) is 2.00. The Hall–Kier alpha value is -1.82. The second kappa shape index (κ2) is 9.58. The summed E-state index contributed by atoms with van der Waals surface area (Å²) in [5, 5.41) is 21.9. The van der Waals surface area contributed by atoms with Crippen molar-refractivity contribution in [3.8, 4) is 0 Å². The van der Waals surface area contributed by atoms with Gasteiger partial charge in [-0.25, -0.2) is 12.8 Å². The summed E-state index contributed by atoms with van der Waals surface area (Å²) < 4.78 is 42.4.